The summed E-state index contributed by atoms with van der Waals surface area (Å²) >= 11 is 0. The molecule has 0 bridgehead atoms. The van der Waals surface area contributed by atoms with Crippen LogP contribution in [0.4, 0.5) is 11.8 Å². The summed E-state index contributed by atoms with van der Waals surface area (Å²) < 4.78 is 0. The van der Waals surface area contributed by atoms with Gasteiger partial charge < -0.3 is 21.3 Å². The molecular weight excluding hydrogens is 318 g/mol. The van der Waals surface area contributed by atoms with Gasteiger partial charge in [-0.25, -0.2) is 4.98 Å². The number of piperidine rings is 1. The zero-order valence-electron chi connectivity index (χ0n) is 15.0. The number of likely N-dealkylation sites (tertiary alicyclic amines) is 1. The van der Waals surface area contributed by atoms with Gasteiger partial charge in [0, 0.05) is 11.7 Å². The third-order valence-electron chi connectivity index (χ3n) is 4.47. The molecule has 8 nitrogen and oxygen atoms in total. The van der Waals surface area contributed by atoms with E-state index in [2.05, 4.69) is 37.5 Å². The Balaban J connectivity index is 1.94. The molecule has 8 heteroatoms. The van der Waals surface area contributed by atoms with Gasteiger partial charge in [0.2, 0.25) is 11.9 Å². The van der Waals surface area contributed by atoms with Gasteiger partial charge in [0.15, 0.2) is 5.65 Å². The van der Waals surface area contributed by atoms with Crippen LogP contribution in [0.15, 0.2) is 6.07 Å². The number of carbonyl (C=O) groups excluding carboxylic acids is 1. The summed E-state index contributed by atoms with van der Waals surface area (Å²) in [5.41, 5.74) is 7.80. The Hall–Kier alpha value is -2.48. The van der Waals surface area contributed by atoms with Gasteiger partial charge in [-0.1, -0.05) is 0 Å². The Bertz CT molecular complexity index is 784. The van der Waals surface area contributed by atoms with Crippen LogP contribution in [0.25, 0.3) is 11.0 Å². The molecule has 0 aromatic carbocycles. The lowest BCUT2D eigenvalue weighted by atomic mass is 10.1. The van der Waals surface area contributed by atoms with Crippen molar-refractivity contribution in [3.8, 4) is 0 Å². The minimum Gasteiger partial charge on any atom is -0.368 e. The van der Waals surface area contributed by atoms with Gasteiger partial charge in [0.05, 0.1) is 11.9 Å². The minimum absolute atomic E-state index is 0.0209. The molecule has 4 N–H and O–H groups in total. The first-order valence-corrected chi connectivity index (χ1v) is 8.55. The number of fused-ring (bicyclic) bond motifs is 1. The average Bonchev–Trinajstić information content (AvgIpc) is 2.54. The molecule has 2 aromatic heterocycles. The van der Waals surface area contributed by atoms with Crippen LogP contribution in [0.3, 0.4) is 0 Å². The fraction of sp³-hybridized carbons (Fsp3) is 0.529. The maximum Gasteiger partial charge on any atom is 0.236 e. The number of hydrogen-bond donors (Lipinski definition) is 3. The molecule has 0 radical (unpaired) electrons. The molecule has 1 fully saturated rings. The number of rotatable bonds is 5. The van der Waals surface area contributed by atoms with E-state index in [-0.39, 0.29) is 6.54 Å². The molecule has 25 heavy (non-hydrogen) atoms. The number of anilines is 2. The Morgan fingerprint density at radius 2 is 2.00 bits per heavy atom. The number of nitrogens with zero attached hydrogens (tertiary/aromatic N) is 4. The first kappa shape index (κ1) is 17.3. The third kappa shape index (κ3) is 4.14. The maximum atomic E-state index is 11.2. The molecule has 1 aliphatic heterocycles. The summed E-state index contributed by atoms with van der Waals surface area (Å²) in [5, 5.41) is 7.25. The van der Waals surface area contributed by atoms with Crippen molar-refractivity contribution in [3.63, 3.8) is 0 Å². The summed E-state index contributed by atoms with van der Waals surface area (Å²) in [7, 11) is 2.13. The van der Waals surface area contributed by atoms with Crippen LogP contribution in [0, 0.1) is 13.8 Å². The van der Waals surface area contributed by atoms with Gasteiger partial charge in [0.25, 0.3) is 0 Å². The quantitative estimate of drug-likeness (QED) is 0.744. The van der Waals surface area contributed by atoms with E-state index in [9.17, 15) is 4.79 Å². The SMILES string of the molecule is Cc1cc(C)c2c(NCC(N)=O)nc(NC3CCN(C)CC3)nc2n1. The van der Waals surface area contributed by atoms with E-state index in [1.165, 1.54) is 0 Å². The van der Waals surface area contributed by atoms with Gasteiger partial charge in [-0.2, -0.15) is 9.97 Å². The molecule has 2 aromatic rings. The highest BCUT2D eigenvalue weighted by Crippen LogP contribution is 2.25. The largest absolute Gasteiger partial charge is 0.368 e. The van der Waals surface area contributed by atoms with Crippen molar-refractivity contribution in [2.45, 2.75) is 32.7 Å². The van der Waals surface area contributed by atoms with Crippen molar-refractivity contribution in [3.05, 3.63) is 17.3 Å². The predicted molar refractivity (Wildman–Crippen MR) is 98.6 cm³/mol. The van der Waals surface area contributed by atoms with Crippen LogP contribution in [-0.4, -0.2) is 58.5 Å². The van der Waals surface area contributed by atoms with E-state index < -0.39 is 5.91 Å². The highest BCUT2D eigenvalue weighted by Gasteiger charge is 2.19. The lowest BCUT2D eigenvalue weighted by Crippen LogP contribution is -2.37. The number of nitrogens with two attached hydrogens (primary N) is 1. The number of carbonyl (C=O) groups is 1. The van der Waals surface area contributed by atoms with Crippen molar-refractivity contribution >= 4 is 28.7 Å². The maximum absolute atomic E-state index is 11.2. The van der Waals surface area contributed by atoms with Crippen molar-refractivity contribution < 1.29 is 4.79 Å². The van der Waals surface area contributed by atoms with Crippen LogP contribution in [0.5, 0.6) is 0 Å². The van der Waals surface area contributed by atoms with Gasteiger partial charge in [-0.05, 0) is 58.5 Å². The topological polar surface area (TPSA) is 109 Å². The molecular formula is C17H25N7O. The van der Waals surface area contributed by atoms with Crippen LogP contribution in [-0.2, 0) is 4.79 Å². The normalized spacial score (nSPS) is 16.1. The molecule has 0 saturated carbocycles. The van der Waals surface area contributed by atoms with Crippen molar-refractivity contribution in [1.82, 2.24) is 19.9 Å². The van der Waals surface area contributed by atoms with Crippen molar-refractivity contribution in [2.75, 3.05) is 37.3 Å². The first-order valence-electron chi connectivity index (χ1n) is 8.55. The Morgan fingerprint density at radius 3 is 2.68 bits per heavy atom. The van der Waals surface area contributed by atoms with Gasteiger partial charge in [-0.3, -0.25) is 4.79 Å². The van der Waals surface area contributed by atoms with E-state index in [0.29, 0.717) is 23.5 Å². The number of nitrogens with one attached hydrogen (secondary N) is 2. The number of pyridine rings is 1. The van der Waals surface area contributed by atoms with Crippen LogP contribution < -0.4 is 16.4 Å². The molecule has 0 unspecified atom stereocenters. The molecule has 3 rings (SSSR count). The second kappa shape index (κ2) is 7.18. The molecule has 1 amide bonds. The van der Waals surface area contributed by atoms with Crippen molar-refractivity contribution in [1.29, 1.82) is 0 Å². The predicted octanol–water partition coefficient (Wildman–Crippen LogP) is 1.04. The Morgan fingerprint density at radius 1 is 1.28 bits per heavy atom. The number of hydrogen-bond acceptors (Lipinski definition) is 7. The summed E-state index contributed by atoms with van der Waals surface area (Å²) in [4.78, 5) is 27.2. The lowest BCUT2D eigenvalue weighted by molar-refractivity contribution is -0.116. The van der Waals surface area contributed by atoms with Gasteiger partial charge in [-0.15, -0.1) is 0 Å². The van der Waals surface area contributed by atoms with Gasteiger partial charge >= 0.3 is 0 Å². The standard InChI is InChI=1S/C17H25N7O/c1-10-8-11(2)20-16-14(10)15(19-9-13(18)25)22-17(23-16)21-12-4-6-24(3)7-5-12/h8,12H,4-7,9H2,1-3H3,(H2,18,25)(H2,19,20,21,22,23). The fourth-order valence-corrected chi connectivity index (χ4v) is 3.18. The first-order chi connectivity index (χ1) is 11.9. The Labute approximate surface area is 147 Å². The smallest absolute Gasteiger partial charge is 0.236 e. The van der Waals surface area contributed by atoms with Crippen LogP contribution in [0.2, 0.25) is 0 Å². The van der Waals surface area contributed by atoms with E-state index in [4.69, 9.17) is 5.73 Å². The number of aryl methyl sites for hydroxylation is 2. The monoisotopic (exact) mass is 343 g/mol. The number of aromatic nitrogens is 3. The summed E-state index contributed by atoms with van der Waals surface area (Å²) in [6.07, 6.45) is 2.09. The van der Waals surface area contributed by atoms with Crippen LogP contribution >= 0.6 is 0 Å². The van der Waals surface area contributed by atoms with E-state index in [1.807, 2.05) is 19.9 Å². The molecule has 0 spiro atoms. The zero-order chi connectivity index (χ0) is 18.0. The minimum atomic E-state index is -0.436. The number of primary amides is 1. The summed E-state index contributed by atoms with van der Waals surface area (Å²) in [6.45, 7) is 6.05. The van der Waals surface area contributed by atoms with Gasteiger partial charge in [0.1, 0.15) is 5.82 Å². The molecule has 3 heterocycles. The molecule has 134 valence electrons. The summed E-state index contributed by atoms with van der Waals surface area (Å²) in [6, 6.07) is 2.31. The lowest BCUT2D eigenvalue weighted by Gasteiger charge is -2.29. The van der Waals surface area contributed by atoms with Crippen LogP contribution in [0.1, 0.15) is 24.1 Å². The van der Waals surface area contributed by atoms with Crippen molar-refractivity contribution in [2.24, 2.45) is 5.73 Å². The van der Waals surface area contributed by atoms with E-state index in [0.717, 1.165) is 42.6 Å². The zero-order valence-corrected chi connectivity index (χ0v) is 15.0. The number of amides is 1. The third-order valence-corrected chi connectivity index (χ3v) is 4.47. The fourth-order valence-electron chi connectivity index (χ4n) is 3.18. The molecule has 1 saturated heterocycles. The molecule has 0 atom stereocenters. The molecule has 0 aliphatic carbocycles. The Kier molecular flexibility index (Phi) is 4.98. The molecule has 1 aliphatic rings. The second-order valence-corrected chi connectivity index (χ2v) is 6.72. The second-order valence-electron chi connectivity index (χ2n) is 6.72. The highest BCUT2D eigenvalue weighted by molar-refractivity contribution is 5.92. The average molecular weight is 343 g/mol. The van der Waals surface area contributed by atoms with E-state index in [1.54, 1.807) is 0 Å². The highest BCUT2D eigenvalue weighted by atomic mass is 16.1. The van der Waals surface area contributed by atoms with E-state index >= 15 is 0 Å². The summed E-state index contributed by atoms with van der Waals surface area (Å²) in [5.74, 6) is 0.685.